The Labute approximate surface area is 114 Å². The second-order valence-corrected chi connectivity index (χ2v) is 4.30. The highest BCUT2D eigenvalue weighted by molar-refractivity contribution is 5.83. The summed E-state index contributed by atoms with van der Waals surface area (Å²) in [6, 6.07) is 3.46. The first kappa shape index (κ1) is 16.2. The van der Waals surface area contributed by atoms with E-state index in [0.717, 1.165) is 5.56 Å². The third-order valence-electron chi connectivity index (χ3n) is 2.91. The first-order valence-electron chi connectivity index (χ1n) is 6.03. The number of pyridine rings is 1. The lowest BCUT2D eigenvalue weighted by molar-refractivity contribution is -0.160. The molecule has 0 fully saturated rings. The molecule has 1 heterocycles. The quantitative estimate of drug-likeness (QED) is 0.363. The van der Waals surface area contributed by atoms with Crippen LogP contribution in [0.3, 0.4) is 0 Å². The number of hydrogen-bond donors (Lipinski definition) is 2. The van der Waals surface area contributed by atoms with Gasteiger partial charge in [0.15, 0.2) is 5.84 Å². The minimum Gasteiger partial charge on any atom is -0.409 e. The SMILES string of the molecule is CCN(Cc1ccncc1)CC(/C(N)=N/O)C(F)(F)F. The van der Waals surface area contributed by atoms with E-state index in [1.165, 1.54) is 0 Å². The molecule has 1 atom stereocenters. The fourth-order valence-corrected chi connectivity index (χ4v) is 1.74. The molecule has 0 aliphatic heterocycles. The summed E-state index contributed by atoms with van der Waals surface area (Å²) >= 11 is 0. The highest BCUT2D eigenvalue weighted by Crippen LogP contribution is 2.27. The first-order chi connectivity index (χ1) is 9.38. The Hall–Kier alpha value is -1.83. The predicted molar refractivity (Wildman–Crippen MR) is 68.1 cm³/mol. The number of nitrogens with two attached hydrogens (primary N) is 1. The number of alkyl halides is 3. The van der Waals surface area contributed by atoms with Crippen LogP contribution in [-0.2, 0) is 6.54 Å². The molecule has 8 heteroatoms. The summed E-state index contributed by atoms with van der Waals surface area (Å²) in [7, 11) is 0. The molecule has 0 bridgehead atoms. The van der Waals surface area contributed by atoms with E-state index in [2.05, 4.69) is 10.1 Å². The normalized spacial score (nSPS) is 14.6. The largest absolute Gasteiger partial charge is 0.409 e. The molecule has 112 valence electrons. The highest BCUT2D eigenvalue weighted by atomic mass is 19.4. The van der Waals surface area contributed by atoms with Crippen LogP contribution in [0.25, 0.3) is 0 Å². The third kappa shape index (κ3) is 4.69. The number of nitrogens with zero attached hydrogens (tertiary/aromatic N) is 3. The summed E-state index contributed by atoms with van der Waals surface area (Å²) in [5, 5.41) is 11.0. The van der Waals surface area contributed by atoms with E-state index < -0.39 is 17.9 Å². The highest BCUT2D eigenvalue weighted by Gasteiger charge is 2.43. The summed E-state index contributed by atoms with van der Waals surface area (Å²) in [4.78, 5) is 5.42. The Kier molecular flexibility index (Phi) is 5.75. The van der Waals surface area contributed by atoms with Gasteiger partial charge in [-0.15, -0.1) is 0 Å². The van der Waals surface area contributed by atoms with E-state index in [4.69, 9.17) is 10.9 Å². The monoisotopic (exact) mass is 290 g/mol. The van der Waals surface area contributed by atoms with Crippen molar-refractivity contribution in [2.24, 2.45) is 16.8 Å². The smallest absolute Gasteiger partial charge is 0.400 e. The van der Waals surface area contributed by atoms with E-state index in [-0.39, 0.29) is 6.54 Å². The third-order valence-corrected chi connectivity index (χ3v) is 2.91. The molecule has 1 unspecified atom stereocenters. The zero-order chi connectivity index (χ0) is 15.2. The minimum atomic E-state index is -4.55. The van der Waals surface area contributed by atoms with Crippen LogP contribution < -0.4 is 5.73 Å². The number of halogens is 3. The number of oxime groups is 1. The molecule has 1 aromatic heterocycles. The molecular weight excluding hydrogens is 273 g/mol. The maximum atomic E-state index is 12.9. The second-order valence-electron chi connectivity index (χ2n) is 4.30. The average Bonchev–Trinajstić information content (AvgIpc) is 2.42. The van der Waals surface area contributed by atoms with Crippen molar-refractivity contribution >= 4 is 5.84 Å². The van der Waals surface area contributed by atoms with E-state index in [1.54, 1.807) is 36.4 Å². The van der Waals surface area contributed by atoms with E-state index in [1.807, 2.05) is 0 Å². The standard InChI is InChI=1S/C12H17F3N4O/c1-2-19(7-9-3-5-17-6-4-9)8-10(11(16)18-20)12(13,14)15/h3-6,10,20H,2,7-8H2,1H3,(H2,16,18). The summed E-state index contributed by atoms with van der Waals surface area (Å²) in [5.74, 6) is -2.82. The summed E-state index contributed by atoms with van der Waals surface area (Å²) in [5.41, 5.74) is 5.99. The van der Waals surface area contributed by atoms with Crippen molar-refractivity contribution < 1.29 is 18.4 Å². The number of hydrogen-bond acceptors (Lipinski definition) is 4. The van der Waals surface area contributed by atoms with Crippen LogP contribution in [0, 0.1) is 5.92 Å². The lowest BCUT2D eigenvalue weighted by Gasteiger charge is -2.27. The van der Waals surface area contributed by atoms with Gasteiger partial charge in [0.1, 0.15) is 5.92 Å². The number of amidine groups is 1. The van der Waals surface area contributed by atoms with Crippen LogP contribution in [0.5, 0.6) is 0 Å². The molecule has 0 aliphatic rings. The van der Waals surface area contributed by atoms with Crippen LogP contribution in [-0.4, -0.2) is 40.2 Å². The Morgan fingerprint density at radius 2 is 2.05 bits per heavy atom. The van der Waals surface area contributed by atoms with Crippen LogP contribution >= 0.6 is 0 Å². The lowest BCUT2D eigenvalue weighted by Crippen LogP contribution is -2.44. The minimum absolute atomic E-state index is 0.338. The average molecular weight is 290 g/mol. The van der Waals surface area contributed by atoms with Crippen molar-refractivity contribution in [1.82, 2.24) is 9.88 Å². The molecule has 1 aromatic rings. The van der Waals surface area contributed by atoms with Gasteiger partial charge in [0.25, 0.3) is 0 Å². The van der Waals surface area contributed by atoms with Gasteiger partial charge in [0, 0.05) is 25.5 Å². The van der Waals surface area contributed by atoms with E-state index >= 15 is 0 Å². The Morgan fingerprint density at radius 3 is 2.50 bits per heavy atom. The molecule has 0 saturated heterocycles. The molecule has 0 spiro atoms. The van der Waals surface area contributed by atoms with Crippen LogP contribution in [0.2, 0.25) is 0 Å². The number of rotatable bonds is 6. The van der Waals surface area contributed by atoms with Crippen molar-refractivity contribution in [2.45, 2.75) is 19.6 Å². The van der Waals surface area contributed by atoms with Crippen LogP contribution in [0.15, 0.2) is 29.7 Å². The number of aromatic nitrogens is 1. The van der Waals surface area contributed by atoms with Gasteiger partial charge in [-0.2, -0.15) is 13.2 Å². The second kappa shape index (κ2) is 7.09. The molecule has 0 radical (unpaired) electrons. The fourth-order valence-electron chi connectivity index (χ4n) is 1.74. The van der Waals surface area contributed by atoms with Gasteiger partial charge in [0.2, 0.25) is 0 Å². The molecule has 0 aliphatic carbocycles. The van der Waals surface area contributed by atoms with Gasteiger partial charge in [0.05, 0.1) is 0 Å². The summed E-state index contributed by atoms with van der Waals surface area (Å²) < 4.78 is 38.7. The zero-order valence-corrected chi connectivity index (χ0v) is 11.0. The molecule has 3 N–H and O–H groups in total. The molecular formula is C12H17F3N4O. The van der Waals surface area contributed by atoms with Gasteiger partial charge >= 0.3 is 6.18 Å². The molecule has 20 heavy (non-hydrogen) atoms. The molecule has 5 nitrogen and oxygen atoms in total. The van der Waals surface area contributed by atoms with Gasteiger partial charge in [-0.1, -0.05) is 12.1 Å². The van der Waals surface area contributed by atoms with Crippen molar-refractivity contribution in [2.75, 3.05) is 13.1 Å². The van der Waals surface area contributed by atoms with Crippen molar-refractivity contribution in [3.8, 4) is 0 Å². The molecule has 0 amide bonds. The van der Waals surface area contributed by atoms with Gasteiger partial charge in [-0.05, 0) is 24.2 Å². The topological polar surface area (TPSA) is 74.7 Å². The maximum Gasteiger partial charge on any atom is 0.400 e. The van der Waals surface area contributed by atoms with E-state index in [9.17, 15) is 13.2 Å². The Bertz CT molecular complexity index is 436. The predicted octanol–water partition coefficient (Wildman–Crippen LogP) is 1.83. The van der Waals surface area contributed by atoms with Crippen LogP contribution in [0.1, 0.15) is 12.5 Å². The van der Waals surface area contributed by atoms with Gasteiger partial charge in [-0.3, -0.25) is 9.88 Å². The van der Waals surface area contributed by atoms with Crippen LogP contribution in [0.4, 0.5) is 13.2 Å². The molecule has 0 aromatic carbocycles. The van der Waals surface area contributed by atoms with Crippen molar-refractivity contribution in [3.05, 3.63) is 30.1 Å². The van der Waals surface area contributed by atoms with Crippen molar-refractivity contribution in [1.29, 1.82) is 0 Å². The molecule has 1 rings (SSSR count). The fraction of sp³-hybridized carbons (Fsp3) is 0.500. The summed E-state index contributed by atoms with van der Waals surface area (Å²) in [6.45, 7) is 2.14. The van der Waals surface area contributed by atoms with Gasteiger partial charge < -0.3 is 10.9 Å². The van der Waals surface area contributed by atoms with Crippen molar-refractivity contribution in [3.63, 3.8) is 0 Å². The first-order valence-corrected chi connectivity index (χ1v) is 6.03. The Morgan fingerprint density at radius 1 is 1.45 bits per heavy atom. The van der Waals surface area contributed by atoms with Gasteiger partial charge in [-0.25, -0.2) is 0 Å². The lowest BCUT2D eigenvalue weighted by atomic mass is 10.1. The summed E-state index contributed by atoms with van der Waals surface area (Å²) in [6.07, 6.45) is -1.40. The Balaban J connectivity index is 2.79. The molecule has 0 saturated carbocycles. The van der Waals surface area contributed by atoms with E-state index in [0.29, 0.717) is 13.1 Å². The zero-order valence-electron chi connectivity index (χ0n) is 11.0. The maximum absolute atomic E-state index is 12.9.